The number of carbonyl (C=O) groups excluding carboxylic acids is 4. The van der Waals surface area contributed by atoms with Crippen LogP contribution in [0.4, 0.5) is 0 Å². The van der Waals surface area contributed by atoms with Gasteiger partial charge in [-0.15, -0.1) is 0 Å². The van der Waals surface area contributed by atoms with Crippen molar-refractivity contribution < 1.29 is 19.2 Å². The van der Waals surface area contributed by atoms with E-state index in [9.17, 15) is 19.2 Å². The molecule has 0 aromatic heterocycles. The number of aryl methyl sites for hydroxylation is 1. The number of nitrogens with zero attached hydrogens (tertiary/aromatic N) is 2. The highest BCUT2D eigenvalue weighted by molar-refractivity contribution is 6.21. The number of benzene rings is 3. The number of likely N-dealkylation sites (N-methyl/N-ethyl adjacent to an activating group) is 1. The van der Waals surface area contributed by atoms with Crippen LogP contribution < -0.4 is 5.32 Å². The standard InChI is InChI=1S/C31H33N3O4/c1-3-32-29(36)27(20-23-12-5-4-6-13-23)34(21-24-14-9-11-22(2)19-24)28(35)17-10-18-33-30(37)25-15-7-8-16-26(25)31(33)38/h4-9,11-16,19,27H,3,10,17-18,20-21H2,1-2H3,(H,32,36)/t27-/m1/s1. The minimum absolute atomic E-state index is 0.101. The van der Waals surface area contributed by atoms with Crippen molar-refractivity contribution in [2.45, 2.75) is 45.7 Å². The van der Waals surface area contributed by atoms with Crippen LogP contribution in [-0.2, 0) is 22.6 Å². The molecule has 0 aliphatic carbocycles. The van der Waals surface area contributed by atoms with E-state index < -0.39 is 6.04 Å². The molecule has 3 aromatic carbocycles. The van der Waals surface area contributed by atoms with Crippen LogP contribution in [0.25, 0.3) is 0 Å². The summed E-state index contributed by atoms with van der Waals surface area (Å²) in [5.41, 5.74) is 3.74. The van der Waals surface area contributed by atoms with Crippen molar-refractivity contribution in [2.24, 2.45) is 0 Å². The van der Waals surface area contributed by atoms with Crippen molar-refractivity contribution in [2.75, 3.05) is 13.1 Å². The molecule has 4 rings (SSSR count). The molecule has 1 N–H and O–H groups in total. The normalized spacial score (nSPS) is 13.3. The zero-order chi connectivity index (χ0) is 27.1. The second-order valence-corrected chi connectivity index (χ2v) is 9.52. The van der Waals surface area contributed by atoms with Crippen molar-refractivity contribution in [3.05, 3.63) is 107 Å². The molecule has 4 amide bonds. The van der Waals surface area contributed by atoms with Crippen LogP contribution in [-0.4, -0.2) is 52.6 Å². The number of carbonyl (C=O) groups is 4. The van der Waals surface area contributed by atoms with Crippen LogP contribution in [0.3, 0.4) is 0 Å². The fourth-order valence-electron chi connectivity index (χ4n) is 4.83. The maximum absolute atomic E-state index is 13.7. The summed E-state index contributed by atoms with van der Waals surface area (Å²) in [6, 6.07) is 23.6. The van der Waals surface area contributed by atoms with Crippen LogP contribution in [0.2, 0.25) is 0 Å². The van der Waals surface area contributed by atoms with Gasteiger partial charge in [0.05, 0.1) is 11.1 Å². The first-order valence-electron chi connectivity index (χ1n) is 13.0. The van der Waals surface area contributed by atoms with E-state index in [1.165, 1.54) is 4.90 Å². The molecule has 7 heteroatoms. The van der Waals surface area contributed by atoms with Crippen molar-refractivity contribution in [3.8, 4) is 0 Å². The number of rotatable bonds is 11. The van der Waals surface area contributed by atoms with Gasteiger partial charge in [-0.25, -0.2) is 0 Å². The van der Waals surface area contributed by atoms with Gasteiger partial charge in [0.15, 0.2) is 0 Å². The van der Waals surface area contributed by atoms with E-state index in [0.29, 0.717) is 30.5 Å². The molecule has 7 nitrogen and oxygen atoms in total. The van der Waals surface area contributed by atoms with Gasteiger partial charge in [0.1, 0.15) is 6.04 Å². The zero-order valence-electron chi connectivity index (χ0n) is 21.9. The number of imide groups is 1. The van der Waals surface area contributed by atoms with Crippen LogP contribution in [0.5, 0.6) is 0 Å². The molecule has 1 atom stereocenters. The third-order valence-corrected chi connectivity index (χ3v) is 6.71. The van der Waals surface area contributed by atoms with Crippen LogP contribution in [0.1, 0.15) is 57.2 Å². The van der Waals surface area contributed by atoms with Crippen molar-refractivity contribution >= 4 is 23.6 Å². The maximum Gasteiger partial charge on any atom is 0.261 e. The van der Waals surface area contributed by atoms with E-state index in [4.69, 9.17) is 0 Å². The van der Waals surface area contributed by atoms with E-state index in [1.807, 2.05) is 68.4 Å². The Labute approximate surface area is 223 Å². The molecule has 1 heterocycles. The predicted octanol–water partition coefficient (Wildman–Crippen LogP) is 4.15. The first-order valence-corrected chi connectivity index (χ1v) is 13.0. The number of nitrogens with one attached hydrogen (secondary N) is 1. The third kappa shape index (κ3) is 6.17. The lowest BCUT2D eigenvalue weighted by atomic mass is 10.0. The van der Waals surface area contributed by atoms with Crippen LogP contribution >= 0.6 is 0 Å². The average Bonchev–Trinajstić information content (AvgIpc) is 3.16. The number of amides is 4. The SMILES string of the molecule is CCNC(=O)[C@@H](Cc1ccccc1)N(Cc1cccc(C)c1)C(=O)CCCN1C(=O)c2ccccc2C1=O. The van der Waals surface area contributed by atoms with Crippen molar-refractivity contribution in [1.29, 1.82) is 0 Å². The van der Waals surface area contributed by atoms with Crippen LogP contribution in [0, 0.1) is 6.92 Å². The molecule has 3 aromatic rings. The molecule has 0 bridgehead atoms. The summed E-state index contributed by atoms with van der Waals surface area (Å²) in [6.07, 6.45) is 0.786. The molecule has 1 aliphatic heterocycles. The smallest absolute Gasteiger partial charge is 0.261 e. The van der Waals surface area contributed by atoms with Gasteiger partial charge >= 0.3 is 0 Å². The first-order chi connectivity index (χ1) is 18.4. The van der Waals surface area contributed by atoms with Gasteiger partial charge in [0.25, 0.3) is 11.8 Å². The van der Waals surface area contributed by atoms with E-state index in [2.05, 4.69) is 5.32 Å². The molecule has 0 fully saturated rings. The molecular weight excluding hydrogens is 478 g/mol. The van der Waals surface area contributed by atoms with Crippen LogP contribution in [0.15, 0.2) is 78.9 Å². The van der Waals surface area contributed by atoms with Gasteiger partial charge in [-0.2, -0.15) is 0 Å². The van der Waals surface area contributed by atoms with Gasteiger partial charge in [0.2, 0.25) is 11.8 Å². The molecule has 196 valence electrons. The largest absolute Gasteiger partial charge is 0.355 e. The quantitative estimate of drug-likeness (QED) is 0.392. The molecule has 38 heavy (non-hydrogen) atoms. The van der Waals surface area contributed by atoms with Crippen molar-refractivity contribution in [3.63, 3.8) is 0 Å². The Morgan fingerprint density at radius 3 is 2.13 bits per heavy atom. The number of fused-ring (bicyclic) bond motifs is 1. The maximum atomic E-state index is 13.7. The predicted molar refractivity (Wildman–Crippen MR) is 145 cm³/mol. The third-order valence-electron chi connectivity index (χ3n) is 6.71. The fourth-order valence-corrected chi connectivity index (χ4v) is 4.83. The highest BCUT2D eigenvalue weighted by Crippen LogP contribution is 2.23. The molecule has 0 radical (unpaired) electrons. The molecule has 0 saturated heterocycles. The first kappa shape index (κ1) is 26.8. The number of hydrogen-bond acceptors (Lipinski definition) is 4. The summed E-state index contributed by atoms with van der Waals surface area (Å²) in [4.78, 5) is 55.2. The summed E-state index contributed by atoms with van der Waals surface area (Å²) < 4.78 is 0. The Hall–Kier alpha value is -4.26. The lowest BCUT2D eigenvalue weighted by Crippen LogP contribution is -2.50. The van der Waals surface area contributed by atoms with Gasteiger partial charge in [-0.05, 0) is 43.5 Å². The summed E-state index contributed by atoms with van der Waals surface area (Å²) in [5.74, 6) is -1.08. The average molecular weight is 512 g/mol. The fraction of sp³-hybridized carbons (Fsp3) is 0.290. The molecule has 0 unspecified atom stereocenters. The van der Waals surface area contributed by atoms with E-state index >= 15 is 0 Å². The molecular formula is C31H33N3O4. The minimum Gasteiger partial charge on any atom is -0.355 e. The summed E-state index contributed by atoms with van der Waals surface area (Å²) in [7, 11) is 0. The second kappa shape index (κ2) is 12.3. The second-order valence-electron chi connectivity index (χ2n) is 9.52. The summed E-state index contributed by atoms with van der Waals surface area (Å²) >= 11 is 0. The van der Waals surface area contributed by atoms with Gasteiger partial charge < -0.3 is 10.2 Å². The number of hydrogen-bond donors (Lipinski definition) is 1. The molecule has 1 aliphatic rings. The Balaban J connectivity index is 1.53. The van der Waals surface area contributed by atoms with Gasteiger partial charge in [0, 0.05) is 32.5 Å². The molecule has 0 saturated carbocycles. The summed E-state index contributed by atoms with van der Waals surface area (Å²) in [5, 5.41) is 2.89. The Bertz CT molecular complexity index is 1290. The Morgan fingerprint density at radius 1 is 0.868 bits per heavy atom. The van der Waals surface area contributed by atoms with E-state index in [1.54, 1.807) is 29.2 Å². The van der Waals surface area contributed by atoms with Gasteiger partial charge in [-0.1, -0.05) is 72.3 Å². The monoisotopic (exact) mass is 511 g/mol. The Morgan fingerprint density at radius 2 is 1.50 bits per heavy atom. The zero-order valence-corrected chi connectivity index (χ0v) is 21.9. The lowest BCUT2D eigenvalue weighted by molar-refractivity contribution is -0.141. The molecule has 0 spiro atoms. The lowest BCUT2D eigenvalue weighted by Gasteiger charge is -2.32. The topological polar surface area (TPSA) is 86.8 Å². The van der Waals surface area contributed by atoms with E-state index in [0.717, 1.165) is 16.7 Å². The minimum atomic E-state index is -0.704. The highest BCUT2D eigenvalue weighted by atomic mass is 16.2. The van der Waals surface area contributed by atoms with E-state index in [-0.39, 0.29) is 43.1 Å². The van der Waals surface area contributed by atoms with Crippen molar-refractivity contribution in [1.82, 2.24) is 15.1 Å². The Kier molecular flexibility index (Phi) is 8.69. The highest BCUT2D eigenvalue weighted by Gasteiger charge is 2.35. The van der Waals surface area contributed by atoms with Gasteiger partial charge in [-0.3, -0.25) is 24.1 Å². The summed E-state index contributed by atoms with van der Waals surface area (Å²) in [6.45, 7) is 4.72.